The van der Waals surface area contributed by atoms with Gasteiger partial charge in [0.2, 0.25) is 5.91 Å². The third kappa shape index (κ3) is 4.26. The third-order valence-corrected chi connectivity index (χ3v) is 7.11. The molecule has 1 aliphatic heterocycles. The summed E-state index contributed by atoms with van der Waals surface area (Å²) >= 11 is 0. The van der Waals surface area contributed by atoms with Gasteiger partial charge in [-0.2, -0.15) is 5.26 Å². The highest BCUT2D eigenvalue weighted by molar-refractivity contribution is 5.94. The van der Waals surface area contributed by atoms with Crippen molar-refractivity contribution in [1.82, 2.24) is 9.80 Å². The number of aliphatic hydroxyl groups excluding tert-OH is 1. The van der Waals surface area contributed by atoms with E-state index in [1.54, 1.807) is 36.0 Å². The summed E-state index contributed by atoms with van der Waals surface area (Å²) in [5.41, 5.74) is 3.45. The van der Waals surface area contributed by atoms with Gasteiger partial charge in [0.25, 0.3) is 5.91 Å². The van der Waals surface area contributed by atoms with Crippen LogP contribution in [0.2, 0.25) is 0 Å². The number of nitriles is 1. The van der Waals surface area contributed by atoms with E-state index >= 15 is 0 Å². The average molecular weight is 446 g/mol. The standard InChI is InChI=1S/C27H31N3O3/c1-29(2)26(32)20-14-12-18(13-15-20)21-10-6-7-11-22(21)25-23(16-28)30(24(25)17-31)27(33)19-8-4-3-5-9-19/h6-7,10-15,19,23-25,31H,3-5,8-9,17H2,1-2H3/t23-,24-,25-/m0/s1. The number of nitrogens with zero attached hydrogens (tertiary/aromatic N) is 3. The van der Waals surface area contributed by atoms with Crippen molar-refractivity contribution >= 4 is 11.8 Å². The van der Waals surface area contributed by atoms with Crippen LogP contribution in [0.25, 0.3) is 11.1 Å². The van der Waals surface area contributed by atoms with E-state index < -0.39 is 12.1 Å². The van der Waals surface area contributed by atoms with Gasteiger partial charge in [-0.25, -0.2) is 0 Å². The molecule has 0 unspecified atom stereocenters. The van der Waals surface area contributed by atoms with E-state index in [-0.39, 0.29) is 30.3 Å². The molecule has 0 bridgehead atoms. The Kier molecular flexibility index (Phi) is 6.80. The second-order valence-corrected chi connectivity index (χ2v) is 9.29. The second kappa shape index (κ2) is 9.76. The predicted octanol–water partition coefficient (Wildman–Crippen LogP) is 3.81. The Labute approximate surface area is 195 Å². The van der Waals surface area contributed by atoms with Gasteiger partial charge in [0.15, 0.2) is 0 Å². The van der Waals surface area contributed by atoms with Crippen LogP contribution in [0.4, 0.5) is 0 Å². The highest BCUT2D eigenvalue weighted by atomic mass is 16.3. The van der Waals surface area contributed by atoms with Crippen molar-refractivity contribution in [2.45, 2.75) is 50.1 Å². The summed E-state index contributed by atoms with van der Waals surface area (Å²) in [6.07, 6.45) is 4.98. The van der Waals surface area contributed by atoms with Gasteiger partial charge in [-0.15, -0.1) is 0 Å². The lowest BCUT2D eigenvalue weighted by Gasteiger charge is -2.53. The van der Waals surface area contributed by atoms with Gasteiger partial charge in [-0.05, 0) is 41.7 Å². The molecular weight excluding hydrogens is 414 g/mol. The van der Waals surface area contributed by atoms with E-state index in [1.165, 1.54) is 0 Å². The molecule has 3 atom stereocenters. The fraction of sp³-hybridized carbons (Fsp3) is 0.444. The summed E-state index contributed by atoms with van der Waals surface area (Å²) in [6, 6.07) is 16.6. The first-order chi connectivity index (χ1) is 16.0. The number of hydrogen-bond donors (Lipinski definition) is 1. The molecule has 1 saturated heterocycles. The number of aliphatic hydroxyl groups is 1. The largest absolute Gasteiger partial charge is 0.394 e. The van der Waals surface area contributed by atoms with Gasteiger partial charge in [-0.1, -0.05) is 55.7 Å². The number of carbonyl (C=O) groups excluding carboxylic acids is 2. The number of hydrogen-bond acceptors (Lipinski definition) is 4. The van der Waals surface area contributed by atoms with Crippen molar-refractivity contribution in [3.63, 3.8) is 0 Å². The van der Waals surface area contributed by atoms with Crippen LogP contribution in [-0.2, 0) is 4.79 Å². The van der Waals surface area contributed by atoms with Crippen LogP contribution >= 0.6 is 0 Å². The minimum Gasteiger partial charge on any atom is -0.394 e. The van der Waals surface area contributed by atoms with E-state index in [4.69, 9.17) is 0 Å². The molecule has 2 aromatic rings. The summed E-state index contributed by atoms with van der Waals surface area (Å²) in [6.45, 7) is -0.175. The minimum atomic E-state index is -0.590. The van der Waals surface area contributed by atoms with Crippen LogP contribution in [-0.4, -0.2) is 59.5 Å². The van der Waals surface area contributed by atoms with E-state index in [2.05, 4.69) is 6.07 Å². The molecule has 1 N–H and O–H groups in total. The van der Waals surface area contributed by atoms with Crippen LogP contribution in [0.1, 0.15) is 53.9 Å². The van der Waals surface area contributed by atoms with E-state index in [1.807, 2.05) is 36.4 Å². The van der Waals surface area contributed by atoms with Crippen molar-refractivity contribution in [3.05, 3.63) is 59.7 Å². The van der Waals surface area contributed by atoms with Gasteiger partial charge in [-0.3, -0.25) is 9.59 Å². The Morgan fingerprint density at radius 1 is 1.06 bits per heavy atom. The fourth-order valence-electron chi connectivity index (χ4n) is 5.34. The summed E-state index contributed by atoms with van der Waals surface area (Å²) < 4.78 is 0. The molecule has 0 aromatic heterocycles. The zero-order chi connectivity index (χ0) is 23.5. The van der Waals surface area contributed by atoms with Crippen LogP contribution in [0.5, 0.6) is 0 Å². The summed E-state index contributed by atoms with van der Waals surface area (Å²) in [4.78, 5) is 28.7. The summed E-state index contributed by atoms with van der Waals surface area (Å²) in [5, 5.41) is 20.2. The Hall–Kier alpha value is -3.17. The molecule has 172 valence electrons. The fourth-order valence-corrected chi connectivity index (χ4v) is 5.34. The normalized spacial score (nSPS) is 22.8. The number of carbonyl (C=O) groups is 2. The SMILES string of the molecule is CN(C)C(=O)c1ccc(-c2ccccc2[C@H]2[C@H](C#N)N(C(=O)C3CCCCC3)[C@H]2CO)cc1. The summed E-state index contributed by atoms with van der Waals surface area (Å²) in [7, 11) is 3.44. The second-order valence-electron chi connectivity index (χ2n) is 9.29. The molecular formula is C27H31N3O3. The van der Waals surface area contributed by atoms with Crippen molar-refractivity contribution < 1.29 is 14.7 Å². The van der Waals surface area contributed by atoms with Gasteiger partial charge < -0.3 is 14.9 Å². The molecule has 4 rings (SSSR count). The average Bonchev–Trinajstić information content (AvgIpc) is 2.84. The highest BCUT2D eigenvalue weighted by Crippen LogP contribution is 2.45. The Morgan fingerprint density at radius 3 is 2.33 bits per heavy atom. The molecule has 1 aliphatic carbocycles. The molecule has 0 radical (unpaired) electrons. The lowest BCUT2D eigenvalue weighted by Crippen LogP contribution is -2.66. The number of amides is 2. The minimum absolute atomic E-state index is 0.0144. The van der Waals surface area contributed by atoms with E-state index in [0.717, 1.165) is 48.8 Å². The van der Waals surface area contributed by atoms with Crippen LogP contribution in [0.15, 0.2) is 48.5 Å². The maximum atomic E-state index is 13.2. The molecule has 6 heteroatoms. The lowest BCUT2D eigenvalue weighted by molar-refractivity contribution is -0.152. The molecule has 6 nitrogen and oxygen atoms in total. The van der Waals surface area contributed by atoms with Crippen LogP contribution in [0, 0.1) is 17.2 Å². The molecule has 2 aromatic carbocycles. The molecule has 2 amide bonds. The Balaban J connectivity index is 1.64. The topological polar surface area (TPSA) is 84.6 Å². The first kappa shape index (κ1) is 23.0. The Morgan fingerprint density at radius 2 is 1.73 bits per heavy atom. The van der Waals surface area contributed by atoms with Crippen molar-refractivity contribution in [3.8, 4) is 17.2 Å². The maximum absolute atomic E-state index is 13.2. The lowest BCUT2D eigenvalue weighted by atomic mass is 9.72. The first-order valence-electron chi connectivity index (χ1n) is 11.7. The zero-order valence-corrected chi connectivity index (χ0v) is 19.3. The quantitative estimate of drug-likeness (QED) is 0.758. The molecule has 2 aliphatic rings. The molecule has 1 heterocycles. The number of likely N-dealkylation sites (tertiary alicyclic amines) is 1. The molecule has 33 heavy (non-hydrogen) atoms. The van der Waals surface area contributed by atoms with Crippen molar-refractivity contribution in [1.29, 1.82) is 5.26 Å². The summed E-state index contributed by atoms with van der Waals surface area (Å²) in [5.74, 6) is -0.343. The first-order valence-corrected chi connectivity index (χ1v) is 11.7. The van der Waals surface area contributed by atoms with Gasteiger partial charge in [0, 0.05) is 31.5 Å². The third-order valence-electron chi connectivity index (χ3n) is 7.11. The van der Waals surface area contributed by atoms with Crippen molar-refractivity contribution in [2.75, 3.05) is 20.7 Å². The molecule has 1 saturated carbocycles. The van der Waals surface area contributed by atoms with Gasteiger partial charge >= 0.3 is 0 Å². The molecule has 0 spiro atoms. The smallest absolute Gasteiger partial charge is 0.253 e. The van der Waals surface area contributed by atoms with Crippen molar-refractivity contribution in [2.24, 2.45) is 5.92 Å². The number of benzene rings is 2. The molecule has 2 fully saturated rings. The van der Waals surface area contributed by atoms with Gasteiger partial charge in [0.05, 0.1) is 18.7 Å². The predicted molar refractivity (Wildman–Crippen MR) is 126 cm³/mol. The van der Waals surface area contributed by atoms with Gasteiger partial charge in [0.1, 0.15) is 6.04 Å². The highest BCUT2D eigenvalue weighted by Gasteiger charge is 2.53. The van der Waals surface area contributed by atoms with Crippen LogP contribution in [0.3, 0.4) is 0 Å². The maximum Gasteiger partial charge on any atom is 0.253 e. The number of rotatable bonds is 5. The van der Waals surface area contributed by atoms with E-state index in [9.17, 15) is 20.0 Å². The Bertz CT molecular complexity index is 1050. The zero-order valence-electron chi connectivity index (χ0n) is 19.3. The monoisotopic (exact) mass is 445 g/mol. The van der Waals surface area contributed by atoms with E-state index in [0.29, 0.717) is 5.56 Å². The van der Waals surface area contributed by atoms with Crippen LogP contribution < -0.4 is 0 Å².